The van der Waals surface area contributed by atoms with Gasteiger partial charge in [0.1, 0.15) is 29.1 Å². The van der Waals surface area contributed by atoms with E-state index in [-0.39, 0.29) is 35.5 Å². The summed E-state index contributed by atoms with van der Waals surface area (Å²) >= 11 is 0. The highest BCUT2D eigenvalue weighted by Gasteiger charge is 2.29. The fourth-order valence-corrected chi connectivity index (χ4v) is 5.01. The molecule has 2 atom stereocenters. The molecule has 4 aromatic rings. The molecule has 12 heteroatoms. The molecule has 0 spiro atoms. The molecule has 3 aliphatic rings. The van der Waals surface area contributed by atoms with Gasteiger partial charge in [0.15, 0.2) is 11.5 Å². The number of aromatic nitrogens is 1. The van der Waals surface area contributed by atoms with E-state index >= 15 is 0 Å². The third-order valence-corrected chi connectivity index (χ3v) is 7.38. The normalized spacial score (nSPS) is 16.8. The van der Waals surface area contributed by atoms with E-state index in [1.165, 1.54) is 18.3 Å². The molecule has 0 fully saturated rings. The van der Waals surface area contributed by atoms with Crippen LogP contribution in [0.15, 0.2) is 97.2 Å². The number of carbonyl (C=O) groups excluding carboxylic acids is 5. The molecule has 0 radical (unpaired) electrons. The van der Waals surface area contributed by atoms with Crippen LogP contribution in [-0.2, 0) is 27.2 Å². The lowest BCUT2D eigenvalue weighted by Crippen LogP contribution is -2.55. The summed E-state index contributed by atoms with van der Waals surface area (Å²) in [5.41, 5.74) is 1.22. The van der Waals surface area contributed by atoms with Crippen LogP contribution in [0.2, 0.25) is 0 Å². The molecule has 12 nitrogen and oxygen atoms in total. The molecule has 0 saturated carbocycles. The van der Waals surface area contributed by atoms with Gasteiger partial charge in [0.05, 0.1) is 12.2 Å². The molecule has 4 heterocycles. The summed E-state index contributed by atoms with van der Waals surface area (Å²) in [6.45, 7) is 4.73. The Morgan fingerprint density at radius 2 is 1.65 bits per heavy atom. The first-order valence-corrected chi connectivity index (χ1v) is 15.7. The Kier molecular flexibility index (Phi) is 10.7. The predicted octanol–water partition coefficient (Wildman–Crippen LogP) is 4.60. The Hall–Kier alpha value is -6.04. The highest BCUT2D eigenvalue weighted by Crippen LogP contribution is 2.31. The Balaban J connectivity index is 1.50. The molecule has 0 aliphatic carbocycles. The van der Waals surface area contributed by atoms with E-state index in [2.05, 4.69) is 26.3 Å². The molecular formula is C37H37N5O7. The average molecular weight is 664 g/mol. The number of ketones is 1. The van der Waals surface area contributed by atoms with Crippen LogP contribution in [-0.4, -0.2) is 58.8 Å². The van der Waals surface area contributed by atoms with Crippen molar-refractivity contribution in [2.24, 2.45) is 0 Å². The molecule has 49 heavy (non-hydrogen) atoms. The molecule has 0 saturated heterocycles. The van der Waals surface area contributed by atoms with E-state index < -0.39 is 53.8 Å². The molecular weight excluding hydrogens is 626 g/mol. The quantitative estimate of drug-likeness (QED) is 0.241. The number of carbonyl (C=O) groups is 5. The van der Waals surface area contributed by atoms with Crippen molar-refractivity contribution in [1.29, 1.82) is 0 Å². The number of Topliss-reactive ketones (excluding diaryl/α,β-unsaturated/α-hetero) is 1. The topological polar surface area (TPSA) is 165 Å². The second kappa shape index (κ2) is 15.2. The third kappa shape index (κ3) is 9.74. The standard InChI is InChI=1S/C37H37N5O7/c1-37(2,3)49-36(47)42-30-20-24-12-15-26(16-13-24)48-32-17-14-25(21-28(32)40-34(45)27-11-7-8-18-38-27)31(43)22-39-33(44)29(41-35(30)46)19-23-9-5-4-6-10-23/h4-18,21,29-30H,19-20,22H2,1-3H3,(H,39,44)(H,40,45)(H,41,46)(H,42,47)/t29-,30-/m0/s1. The summed E-state index contributed by atoms with van der Waals surface area (Å²) in [5, 5.41) is 10.8. The molecule has 3 aliphatic heterocycles. The second-order valence-electron chi connectivity index (χ2n) is 12.4. The fraction of sp³-hybridized carbons (Fsp3) is 0.243. The maximum absolute atomic E-state index is 13.7. The molecule has 4 amide bonds. The second-order valence-corrected chi connectivity index (χ2v) is 12.4. The van der Waals surface area contributed by atoms with Crippen molar-refractivity contribution in [3.8, 4) is 11.5 Å². The minimum atomic E-state index is -1.12. The van der Waals surface area contributed by atoms with Gasteiger partial charge in [0.25, 0.3) is 5.91 Å². The van der Waals surface area contributed by atoms with Crippen LogP contribution in [0.3, 0.4) is 0 Å². The van der Waals surface area contributed by atoms with E-state index in [9.17, 15) is 24.0 Å². The minimum absolute atomic E-state index is 0.0591. The number of hydrogen-bond acceptors (Lipinski definition) is 8. The van der Waals surface area contributed by atoms with E-state index in [0.29, 0.717) is 11.3 Å². The van der Waals surface area contributed by atoms with E-state index in [1.807, 2.05) is 30.3 Å². The molecule has 4 bridgehead atoms. The fourth-order valence-electron chi connectivity index (χ4n) is 5.01. The van der Waals surface area contributed by atoms with Crippen molar-refractivity contribution in [3.63, 3.8) is 0 Å². The number of rotatable bonds is 5. The molecule has 0 unspecified atom stereocenters. The summed E-state index contributed by atoms with van der Waals surface area (Å²) in [6.07, 6.45) is 0.874. The number of pyridine rings is 1. The Morgan fingerprint density at radius 1 is 0.918 bits per heavy atom. The molecule has 252 valence electrons. The first kappa shape index (κ1) is 34.3. The summed E-state index contributed by atoms with van der Waals surface area (Å²) in [5.74, 6) is -1.51. The SMILES string of the molecule is CC(C)(C)OC(=O)N[C@H]1Cc2ccc(cc2)Oc2ccc(cc2NC(=O)c2ccccn2)C(=O)CNC(=O)[C@H](Cc2ccccc2)NC1=O. The van der Waals surface area contributed by atoms with Crippen LogP contribution in [0, 0.1) is 0 Å². The zero-order chi connectivity index (χ0) is 35.0. The first-order valence-electron chi connectivity index (χ1n) is 15.7. The van der Waals surface area contributed by atoms with Crippen molar-refractivity contribution in [1.82, 2.24) is 20.9 Å². The van der Waals surface area contributed by atoms with Crippen molar-refractivity contribution < 1.29 is 33.4 Å². The van der Waals surface area contributed by atoms with Gasteiger partial charge in [-0.1, -0.05) is 48.5 Å². The minimum Gasteiger partial charge on any atom is -0.455 e. The van der Waals surface area contributed by atoms with Crippen LogP contribution in [0.1, 0.15) is 52.7 Å². The van der Waals surface area contributed by atoms with Crippen LogP contribution in [0.5, 0.6) is 11.5 Å². The lowest BCUT2D eigenvalue weighted by atomic mass is 10.0. The molecule has 7 rings (SSSR count). The van der Waals surface area contributed by atoms with Crippen LogP contribution in [0.4, 0.5) is 10.5 Å². The summed E-state index contributed by atoms with van der Waals surface area (Å²) in [7, 11) is 0. The number of hydrogen-bond donors (Lipinski definition) is 4. The Labute approximate surface area is 283 Å². The largest absolute Gasteiger partial charge is 0.455 e. The van der Waals surface area contributed by atoms with Gasteiger partial charge in [0, 0.05) is 24.6 Å². The highest BCUT2D eigenvalue weighted by atomic mass is 16.6. The number of nitrogens with one attached hydrogen (secondary N) is 4. The van der Waals surface area contributed by atoms with Gasteiger partial charge in [-0.3, -0.25) is 24.2 Å². The zero-order valence-electron chi connectivity index (χ0n) is 27.3. The van der Waals surface area contributed by atoms with E-state index in [0.717, 1.165) is 5.56 Å². The summed E-state index contributed by atoms with van der Waals surface area (Å²) in [6, 6.07) is 23.2. The summed E-state index contributed by atoms with van der Waals surface area (Å²) < 4.78 is 11.5. The molecule has 1 aromatic heterocycles. The smallest absolute Gasteiger partial charge is 0.408 e. The molecule has 4 N–H and O–H groups in total. The van der Waals surface area contributed by atoms with E-state index in [4.69, 9.17) is 9.47 Å². The lowest BCUT2D eigenvalue weighted by molar-refractivity contribution is -0.129. The van der Waals surface area contributed by atoms with E-state index in [1.54, 1.807) is 69.3 Å². The van der Waals surface area contributed by atoms with Crippen LogP contribution < -0.4 is 26.0 Å². The van der Waals surface area contributed by atoms with Crippen LogP contribution in [0.25, 0.3) is 0 Å². The van der Waals surface area contributed by atoms with Gasteiger partial charge in [0.2, 0.25) is 11.8 Å². The lowest BCUT2D eigenvalue weighted by Gasteiger charge is -2.25. The van der Waals surface area contributed by atoms with Gasteiger partial charge in [-0.2, -0.15) is 0 Å². The number of alkyl carbamates (subject to hydrolysis) is 1. The number of amides is 4. The number of fused-ring (bicyclic) bond motifs is 2. The maximum Gasteiger partial charge on any atom is 0.408 e. The number of anilines is 1. The number of nitrogens with zero attached hydrogens (tertiary/aromatic N) is 1. The van der Waals surface area contributed by atoms with Gasteiger partial charge in [-0.25, -0.2) is 4.79 Å². The number of ether oxygens (including phenoxy) is 2. The van der Waals surface area contributed by atoms with Gasteiger partial charge in [-0.05, 0) is 74.4 Å². The van der Waals surface area contributed by atoms with Crippen molar-refractivity contribution in [3.05, 3.63) is 120 Å². The maximum atomic E-state index is 13.7. The monoisotopic (exact) mass is 663 g/mol. The Morgan fingerprint density at radius 3 is 2.35 bits per heavy atom. The van der Waals surface area contributed by atoms with Crippen molar-refractivity contribution >= 4 is 35.3 Å². The highest BCUT2D eigenvalue weighted by molar-refractivity contribution is 6.06. The number of benzene rings is 3. The predicted molar refractivity (Wildman–Crippen MR) is 181 cm³/mol. The van der Waals surface area contributed by atoms with Crippen LogP contribution >= 0.6 is 0 Å². The van der Waals surface area contributed by atoms with Gasteiger partial charge < -0.3 is 30.7 Å². The Bertz CT molecular complexity index is 1820. The van der Waals surface area contributed by atoms with Crippen molar-refractivity contribution in [2.75, 3.05) is 11.9 Å². The average Bonchev–Trinajstić information content (AvgIpc) is 3.07. The van der Waals surface area contributed by atoms with Gasteiger partial charge in [-0.15, -0.1) is 0 Å². The van der Waals surface area contributed by atoms with Gasteiger partial charge >= 0.3 is 6.09 Å². The third-order valence-electron chi connectivity index (χ3n) is 7.38. The zero-order valence-corrected chi connectivity index (χ0v) is 27.3. The first-order chi connectivity index (χ1) is 23.4. The molecule has 3 aromatic carbocycles. The summed E-state index contributed by atoms with van der Waals surface area (Å²) in [4.78, 5) is 70.6. The van der Waals surface area contributed by atoms with Crippen molar-refractivity contribution in [2.45, 2.75) is 51.3 Å².